The van der Waals surface area contributed by atoms with Gasteiger partial charge in [0, 0.05) is 0 Å². The average molecular weight is 1340 g/mol. The molecule has 0 fully saturated rings. The first-order valence-corrected chi connectivity index (χ1v) is 36.3. The molecule has 0 heterocycles. The molecule has 514 valence electrons. The maximum absolute atomic E-state index is 2.31. The predicted octanol–water partition coefficient (Wildman–Crippen LogP) is 29.3. The minimum atomic E-state index is 1.25. The number of benzene rings is 15. The molecule has 103 heavy (non-hydrogen) atoms. The van der Waals surface area contributed by atoms with Crippen LogP contribution in [0.4, 0.5) is 0 Å². The molecule has 0 bridgehead atoms. The zero-order valence-electron chi connectivity index (χ0n) is 63.9. The van der Waals surface area contributed by atoms with Crippen LogP contribution >= 0.6 is 0 Å². The van der Waals surface area contributed by atoms with Gasteiger partial charge in [0.05, 0.1) is 0 Å². The van der Waals surface area contributed by atoms with Gasteiger partial charge in [-0.15, -0.1) is 0 Å². The fraction of sp³-hybridized carbons (Fsp3) is 0.165. The summed E-state index contributed by atoms with van der Waals surface area (Å²) in [5.41, 5.74) is 40.4. The number of rotatable bonds is 7. The van der Waals surface area contributed by atoms with Crippen LogP contribution in [-0.2, 0) is 0 Å². The molecule has 0 saturated heterocycles. The summed E-state index contributed by atoms with van der Waals surface area (Å²) in [4.78, 5) is 0. The van der Waals surface area contributed by atoms with E-state index in [9.17, 15) is 0 Å². The molecule has 0 heteroatoms. The van der Waals surface area contributed by atoms with Gasteiger partial charge in [-0.3, -0.25) is 0 Å². The number of hydrogen-bond donors (Lipinski definition) is 0. The third-order valence-electron chi connectivity index (χ3n) is 18.8. The zero-order valence-corrected chi connectivity index (χ0v) is 63.9. The van der Waals surface area contributed by atoms with E-state index >= 15 is 0 Å². The van der Waals surface area contributed by atoms with E-state index < -0.39 is 0 Å². The minimum Gasteiger partial charge on any atom is -0.0614 e. The van der Waals surface area contributed by atoms with E-state index in [0.29, 0.717) is 0 Å². The molecule has 0 atom stereocenters. The van der Waals surface area contributed by atoms with E-state index in [1.165, 1.54) is 194 Å². The Morgan fingerprint density at radius 2 is 0.301 bits per heavy atom. The van der Waals surface area contributed by atoms with Crippen molar-refractivity contribution in [2.75, 3.05) is 0 Å². The topological polar surface area (TPSA) is 0 Å². The number of hydrogen-bond acceptors (Lipinski definition) is 0. The van der Waals surface area contributed by atoms with Gasteiger partial charge in [-0.25, -0.2) is 0 Å². The quantitative estimate of drug-likeness (QED) is 0.140. The summed E-state index contributed by atoms with van der Waals surface area (Å²) < 4.78 is 0. The summed E-state index contributed by atoms with van der Waals surface area (Å²) in [6, 6.07) is 112. The van der Waals surface area contributed by atoms with Crippen molar-refractivity contribution in [2.24, 2.45) is 0 Å². The lowest BCUT2D eigenvalue weighted by Gasteiger charge is -2.12. The van der Waals surface area contributed by atoms with E-state index in [1.54, 1.807) is 0 Å². The van der Waals surface area contributed by atoms with Crippen molar-refractivity contribution in [2.45, 2.75) is 118 Å². The lowest BCUT2D eigenvalue weighted by Crippen LogP contribution is -1.87. The normalized spacial score (nSPS) is 10.6. The molecule has 0 aliphatic heterocycles. The highest BCUT2D eigenvalue weighted by Gasteiger charge is 2.11. The van der Waals surface area contributed by atoms with Crippen LogP contribution in [0.5, 0.6) is 0 Å². The summed E-state index contributed by atoms with van der Waals surface area (Å²) in [5, 5.41) is 5.52. The van der Waals surface area contributed by atoms with Gasteiger partial charge in [-0.1, -0.05) is 375 Å². The van der Waals surface area contributed by atoms with Crippen LogP contribution in [0.1, 0.15) is 94.6 Å². The smallest absolute Gasteiger partial charge is 0.00999 e. The molecule has 15 rings (SSSR count). The SMILES string of the molecule is Cc1cc(C)c2ccc3c(C)cc(C)cc3c2c1.Cc1cc(C)cc(-c2cc(C)cc(C)c2)c1.Cc1ccc(-c2cc(-c3ccc(C)cc3)cc(-c3ccc(C)cc3)c2)cc1.Cc1ccc(-c2ccc(C)cc2)cc1.Cc1cccc(-c2cccc(C)c2)c1.Cc1cccc(-c2cccc(C)c2)c1. The van der Waals surface area contributed by atoms with E-state index in [-0.39, 0.29) is 0 Å². The summed E-state index contributed by atoms with van der Waals surface area (Å²) in [5.74, 6) is 0. The molecular formula is C103H102. The molecule has 15 aromatic rings. The summed E-state index contributed by atoms with van der Waals surface area (Å²) in [6.07, 6.45) is 0. The average Bonchev–Trinajstić information content (AvgIpc) is 0.769. The Kier molecular flexibility index (Phi) is 25.3. The monoisotopic (exact) mass is 1340 g/mol. The molecular weight excluding hydrogens is 1240 g/mol. The number of aryl methyl sites for hydroxylation is 17. The lowest BCUT2D eigenvalue weighted by molar-refractivity contribution is 1.35. The van der Waals surface area contributed by atoms with E-state index in [4.69, 9.17) is 0 Å². The van der Waals surface area contributed by atoms with Gasteiger partial charge in [0.1, 0.15) is 0 Å². The van der Waals surface area contributed by atoms with E-state index in [0.717, 1.165) is 0 Å². The van der Waals surface area contributed by atoms with Crippen molar-refractivity contribution < 1.29 is 0 Å². The van der Waals surface area contributed by atoms with Gasteiger partial charge in [-0.05, 0) is 246 Å². The Morgan fingerprint density at radius 1 is 0.107 bits per heavy atom. The molecule has 0 saturated carbocycles. The van der Waals surface area contributed by atoms with Gasteiger partial charge in [0.15, 0.2) is 0 Å². The second-order valence-corrected chi connectivity index (χ2v) is 28.8. The van der Waals surface area contributed by atoms with E-state index in [2.05, 4.69) is 427 Å². The molecule has 0 amide bonds. The summed E-state index contributed by atoms with van der Waals surface area (Å²) in [6.45, 7) is 36.5. The minimum absolute atomic E-state index is 1.25. The van der Waals surface area contributed by atoms with Crippen molar-refractivity contribution >= 4 is 21.5 Å². The highest BCUT2D eigenvalue weighted by molar-refractivity contribution is 6.10. The zero-order chi connectivity index (χ0) is 73.3. The lowest BCUT2D eigenvalue weighted by atomic mass is 9.92. The van der Waals surface area contributed by atoms with Crippen LogP contribution in [-0.4, -0.2) is 0 Å². The van der Waals surface area contributed by atoms with Crippen LogP contribution in [0.2, 0.25) is 0 Å². The van der Waals surface area contributed by atoms with Crippen LogP contribution < -0.4 is 0 Å². The third-order valence-corrected chi connectivity index (χ3v) is 18.8. The van der Waals surface area contributed by atoms with Crippen molar-refractivity contribution in [1.29, 1.82) is 0 Å². The fourth-order valence-corrected chi connectivity index (χ4v) is 13.5. The Balaban J connectivity index is 0.000000136. The standard InChI is InChI=1S/C27H24.C18H18.C16H18.3C14H14/c1-19-4-10-22(11-5-19)25-16-26(23-12-6-20(2)7-13-23)18-27(17-25)24-14-8-21(3)9-15-24;1-11-7-13(3)15-5-6-16-14(4)8-12(2)10-18(16)17(15)9-11;1-11-5-12(2)8-15(7-11)16-9-13(3)6-14(4)10-16;1-11-3-7-13(8-4-11)14-9-5-12(2)6-10-14;2*1-11-5-3-7-13(9-11)14-8-4-6-12(2)10-14/h4-18H,1-3H3;5-10H,1-4H3;5-10H,1-4H3;3*3-10H,1-2H3. The molecule has 15 aromatic carbocycles. The summed E-state index contributed by atoms with van der Waals surface area (Å²) in [7, 11) is 0. The van der Waals surface area contributed by atoms with Gasteiger partial charge >= 0.3 is 0 Å². The van der Waals surface area contributed by atoms with Crippen LogP contribution in [0.25, 0.3) is 99.4 Å². The second-order valence-electron chi connectivity index (χ2n) is 28.8. The maximum Gasteiger partial charge on any atom is -0.00999 e. The summed E-state index contributed by atoms with van der Waals surface area (Å²) >= 11 is 0. The van der Waals surface area contributed by atoms with Crippen molar-refractivity contribution in [3.05, 3.63) is 404 Å². The Labute approximate surface area is 617 Å². The first-order valence-electron chi connectivity index (χ1n) is 36.3. The predicted molar refractivity (Wildman–Crippen MR) is 452 cm³/mol. The molecule has 0 radical (unpaired) electrons. The highest BCUT2D eigenvalue weighted by atomic mass is 14.2. The largest absolute Gasteiger partial charge is 0.0614 e. The maximum atomic E-state index is 2.31. The Hall–Kier alpha value is -11.2. The van der Waals surface area contributed by atoms with Crippen molar-refractivity contribution in [3.63, 3.8) is 0 Å². The van der Waals surface area contributed by atoms with Crippen LogP contribution in [0, 0.1) is 118 Å². The second kappa shape index (κ2) is 34.9. The fourth-order valence-electron chi connectivity index (χ4n) is 13.5. The molecule has 0 aliphatic carbocycles. The first-order chi connectivity index (χ1) is 49.4. The van der Waals surface area contributed by atoms with Crippen molar-refractivity contribution in [3.8, 4) is 77.9 Å². The Bertz CT molecular complexity index is 4800. The third kappa shape index (κ3) is 21.2. The molecule has 0 spiro atoms. The van der Waals surface area contributed by atoms with Gasteiger partial charge in [0.2, 0.25) is 0 Å². The van der Waals surface area contributed by atoms with Gasteiger partial charge < -0.3 is 0 Å². The molecule has 0 unspecified atom stereocenters. The number of fused-ring (bicyclic) bond motifs is 3. The van der Waals surface area contributed by atoms with Crippen LogP contribution in [0.3, 0.4) is 0 Å². The molecule has 0 nitrogen and oxygen atoms in total. The van der Waals surface area contributed by atoms with Crippen molar-refractivity contribution in [1.82, 2.24) is 0 Å². The Morgan fingerprint density at radius 3 is 0.524 bits per heavy atom. The highest BCUT2D eigenvalue weighted by Crippen LogP contribution is 2.35. The van der Waals surface area contributed by atoms with E-state index in [1.807, 2.05) is 0 Å². The van der Waals surface area contributed by atoms with Crippen LogP contribution in [0.15, 0.2) is 309 Å². The molecule has 0 N–H and O–H groups in total. The van der Waals surface area contributed by atoms with Gasteiger partial charge in [-0.2, -0.15) is 0 Å². The first kappa shape index (κ1) is 74.5. The molecule has 0 aliphatic rings. The molecule has 0 aromatic heterocycles. The van der Waals surface area contributed by atoms with Gasteiger partial charge in [0.25, 0.3) is 0 Å².